The smallest absolute Gasteiger partial charge is 0.248 e. The standard InChI is InChI=1S/C40H25N3O/c1-41-37(40-42-36-16-8-9-17-39(36)44-40)24-27-18-21-31(22-19-27)43(32-23-20-28-10-2-3-11-29(28)25-32)38-26-30-12-4-5-13-33(30)34-14-6-7-15-35(34)38/h2-26H. The first-order valence-electron chi connectivity index (χ1n) is 14.5. The summed E-state index contributed by atoms with van der Waals surface area (Å²) in [7, 11) is 0. The Morgan fingerprint density at radius 3 is 2.07 bits per heavy atom. The molecule has 0 unspecified atom stereocenters. The number of para-hydroxylation sites is 2. The molecular formula is C40H25N3O. The van der Waals surface area contributed by atoms with Crippen LogP contribution in [0.2, 0.25) is 0 Å². The maximum atomic E-state index is 7.81. The van der Waals surface area contributed by atoms with E-state index in [1.807, 2.05) is 42.5 Å². The van der Waals surface area contributed by atoms with E-state index in [0.717, 1.165) is 28.1 Å². The zero-order valence-corrected chi connectivity index (χ0v) is 23.7. The third-order valence-corrected chi connectivity index (χ3v) is 8.07. The van der Waals surface area contributed by atoms with E-state index in [4.69, 9.17) is 11.0 Å². The van der Waals surface area contributed by atoms with Gasteiger partial charge in [0.2, 0.25) is 11.6 Å². The fourth-order valence-electron chi connectivity index (χ4n) is 5.96. The van der Waals surface area contributed by atoms with Crippen LogP contribution >= 0.6 is 0 Å². The van der Waals surface area contributed by atoms with Gasteiger partial charge in [0.15, 0.2) is 5.58 Å². The van der Waals surface area contributed by atoms with Gasteiger partial charge in [0, 0.05) is 16.8 Å². The first-order valence-corrected chi connectivity index (χ1v) is 14.5. The average Bonchev–Trinajstić information content (AvgIpc) is 3.52. The van der Waals surface area contributed by atoms with Gasteiger partial charge in [-0.05, 0) is 81.0 Å². The predicted molar refractivity (Wildman–Crippen MR) is 182 cm³/mol. The molecule has 1 heterocycles. The SMILES string of the molecule is [C-]#[N+]C(=Cc1ccc(N(c2ccc3ccccc3c2)c2cc3ccccc3c3ccccc23)cc1)c1nc2ccccc2o1. The third-order valence-electron chi connectivity index (χ3n) is 8.07. The second-order valence-corrected chi connectivity index (χ2v) is 10.7. The molecule has 0 aliphatic heterocycles. The minimum absolute atomic E-state index is 0.325. The van der Waals surface area contributed by atoms with E-state index in [-0.39, 0.29) is 0 Å². The van der Waals surface area contributed by atoms with Gasteiger partial charge in [0.05, 0.1) is 12.3 Å². The van der Waals surface area contributed by atoms with Crippen LogP contribution in [0.3, 0.4) is 0 Å². The molecule has 0 saturated heterocycles. The highest BCUT2D eigenvalue weighted by Crippen LogP contribution is 2.42. The van der Waals surface area contributed by atoms with Crippen LogP contribution in [0, 0.1) is 6.57 Å². The van der Waals surface area contributed by atoms with Crippen LogP contribution in [0.25, 0.3) is 60.0 Å². The van der Waals surface area contributed by atoms with Crippen molar-refractivity contribution in [2.75, 3.05) is 4.90 Å². The predicted octanol–water partition coefficient (Wildman–Crippen LogP) is 11.2. The summed E-state index contributed by atoms with van der Waals surface area (Å²) in [4.78, 5) is 10.6. The molecule has 0 saturated carbocycles. The number of nitrogens with zero attached hydrogens (tertiary/aromatic N) is 3. The van der Waals surface area contributed by atoms with Crippen LogP contribution in [0.1, 0.15) is 11.5 Å². The lowest BCUT2D eigenvalue weighted by Crippen LogP contribution is -2.10. The fourth-order valence-corrected chi connectivity index (χ4v) is 5.96. The Hall–Kier alpha value is -6.18. The van der Waals surface area contributed by atoms with Gasteiger partial charge in [-0.15, -0.1) is 0 Å². The lowest BCUT2D eigenvalue weighted by Gasteiger charge is -2.28. The highest BCUT2D eigenvalue weighted by atomic mass is 16.3. The monoisotopic (exact) mass is 563 g/mol. The third kappa shape index (κ3) is 4.45. The second kappa shape index (κ2) is 10.6. The first kappa shape index (κ1) is 25.5. The molecule has 7 aromatic carbocycles. The topological polar surface area (TPSA) is 33.6 Å². The summed E-state index contributed by atoms with van der Waals surface area (Å²) in [5.74, 6) is 0.325. The van der Waals surface area contributed by atoms with E-state index in [0.29, 0.717) is 17.2 Å². The molecule has 0 spiro atoms. The van der Waals surface area contributed by atoms with Gasteiger partial charge in [0.25, 0.3) is 0 Å². The Morgan fingerprint density at radius 1 is 0.614 bits per heavy atom. The number of oxazole rings is 1. The zero-order chi connectivity index (χ0) is 29.5. The van der Waals surface area contributed by atoms with Crippen LogP contribution in [-0.2, 0) is 0 Å². The summed E-state index contributed by atoms with van der Waals surface area (Å²) < 4.78 is 5.88. The van der Waals surface area contributed by atoms with Gasteiger partial charge < -0.3 is 9.32 Å². The fraction of sp³-hybridized carbons (Fsp3) is 0. The van der Waals surface area contributed by atoms with Gasteiger partial charge in [-0.3, -0.25) is 0 Å². The Morgan fingerprint density at radius 2 is 1.27 bits per heavy atom. The molecule has 44 heavy (non-hydrogen) atoms. The number of aromatic nitrogens is 1. The first-order chi connectivity index (χ1) is 21.7. The van der Waals surface area contributed by atoms with Crippen LogP contribution in [0.5, 0.6) is 0 Å². The zero-order valence-electron chi connectivity index (χ0n) is 23.7. The van der Waals surface area contributed by atoms with Crippen molar-refractivity contribution in [3.63, 3.8) is 0 Å². The normalized spacial score (nSPS) is 11.8. The minimum atomic E-state index is 0.325. The van der Waals surface area contributed by atoms with Gasteiger partial charge in [-0.25, -0.2) is 9.83 Å². The van der Waals surface area contributed by atoms with Crippen molar-refractivity contribution in [1.82, 2.24) is 4.98 Å². The van der Waals surface area contributed by atoms with Crippen LogP contribution in [0.4, 0.5) is 17.1 Å². The van der Waals surface area contributed by atoms with Crippen LogP contribution in [-0.4, -0.2) is 4.98 Å². The molecule has 0 fully saturated rings. The molecule has 0 amide bonds. The van der Waals surface area contributed by atoms with E-state index in [2.05, 4.69) is 124 Å². The summed E-state index contributed by atoms with van der Waals surface area (Å²) >= 11 is 0. The summed E-state index contributed by atoms with van der Waals surface area (Å²) in [6.07, 6.45) is 1.83. The molecular weight excluding hydrogens is 538 g/mol. The molecule has 8 aromatic rings. The number of hydrogen-bond acceptors (Lipinski definition) is 3. The summed E-state index contributed by atoms with van der Waals surface area (Å²) in [6.45, 7) is 7.81. The Labute approximate surface area is 254 Å². The maximum absolute atomic E-state index is 7.81. The van der Waals surface area contributed by atoms with Crippen LogP contribution < -0.4 is 4.90 Å². The van der Waals surface area contributed by atoms with Crippen molar-refractivity contribution < 1.29 is 4.42 Å². The number of hydrogen-bond donors (Lipinski definition) is 0. The number of anilines is 3. The molecule has 4 heteroatoms. The van der Waals surface area contributed by atoms with Crippen molar-refractivity contribution >= 4 is 72.3 Å². The Balaban J connectivity index is 1.28. The summed E-state index contributed by atoms with van der Waals surface area (Å²) in [5.41, 5.74) is 5.85. The maximum Gasteiger partial charge on any atom is 0.248 e. The van der Waals surface area contributed by atoms with E-state index >= 15 is 0 Å². The highest BCUT2D eigenvalue weighted by molar-refractivity contribution is 6.14. The van der Waals surface area contributed by atoms with Crippen molar-refractivity contribution in [2.24, 2.45) is 0 Å². The Bertz CT molecular complexity index is 2380. The van der Waals surface area contributed by atoms with Gasteiger partial charge in [-0.1, -0.05) is 103 Å². The summed E-state index contributed by atoms with van der Waals surface area (Å²) in [6, 6.07) is 50.4. The van der Waals surface area contributed by atoms with E-state index in [1.54, 1.807) is 0 Å². The van der Waals surface area contributed by atoms with Gasteiger partial charge in [-0.2, -0.15) is 0 Å². The molecule has 4 nitrogen and oxygen atoms in total. The molecule has 8 rings (SSSR count). The van der Waals surface area contributed by atoms with Gasteiger partial charge in [0.1, 0.15) is 5.52 Å². The lowest BCUT2D eigenvalue weighted by molar-refractivity contribution is 0.586. The van der Waals surface area contributed by atoms with Gasteiger partial charge >= 0.3 is 0 Å². The molecule has 0 bridgehead atoms. The van der Waals surface area contributed by atoms with E-state index < -0.39 is 0 Å². The molecule has 0 atom stereocenters. The van der Waals surface area contributed by atoms with Crippen molar-refractivity contribution in [3.05, 3.63) is 168 Å². The molecule has 206 valence electrons. The number of rotatable bonds is 5. The highest BCUT2D eigenvalue weighted by Gasteiger charge is 2.18. The number of benzene rings is 7. The van der Waals surface area contributed by atoms with E-state index in [9.17, 15) is 0 Å². The quantitative estimate of drug-likeness (QED) is 0.154. The summed E-state index contributed by atoms with van der Waals surface area (Å²) in [5, 5.41) is 7.19. The second-order valence-electron chi connectivity index (χ2n) is 10.7. The molecule has 0 aliphatic carbocycles. The Kier molecular flexibility index (Phi) is 6.14. The van der Waals surface area contributed by atoms with Crippen molar-refractivity contribution in [1.29, 1.82) is 0 Å². The molecule has 0 radical (unpaired) electrons. The number of fused-ring (bicyclic) bond motifs is 5. The average molecular weight is 564 g/mol. The largest absolute Gasteiger partial charge is 0.447 e. The molecule has 0 aliphatic rings. The van der Waals surface area contributed by atoms with E-state index in [1.165, 1.54) is 32.3 Å². The molecule has 0 N–H and O–H groups in total. The van der Waals surface area contributed by atoms with Crippen LogP contribution in [0.15, 0.2) is 150 Å². The molecule has 1 aromatic heterocycles. The van der Waals surface area contributed by atoms with Crippen molar-refractivity contribution in [2.45, 2.75) is 0 Å². The minimum Gasteiger partial charge on any atom is -0.447 e. The lowest BCUT2D eigenvalue weighted by atomic mass is 9.98. The van der Waals surface area contributed by atoms with Crippen molar-refractivity contribution in [3.8, 4) is 0 Å².